The molecule has 2 nitrogen and oxygen atoms in total. The van der Waals surface area contributed by atoms with E-state index in [1.54, 1.807) is 0 Å². The van der Waals surface area contributed by atoms with Gasteiger partial charge in [-0.05, 0) is 49.4 Å². The van der Waals surface area contributed by atoms with Gasteiger partial charge in [-0.1, -0.05) is 37.6 Å². The smallest absolute Gasteiger partial charge is 0.0945 e. The molecule has 3 atom stereocenters. The Morgan fingerprint density at radius 2 is 1.88 bits per heavy atom. The highest BCUT2D eigenvalue weighted by Crippen LogP contribution is 2.37. The number of aliphatic hydroxyl groups excluding tert-OH is 1. The summed E-state index contributed by atoms with van der Waals surface area (Å²) in [6.45, 7) is 6.45. The van der Waals surface area contributed by atoms with Crippen LogP contribution in [0.15, 0.2) is 30.3 Å². The van der Waals surface area contributed by atoms with Crippen molar-refractivity contribution in [2.24, 2.45) is 0 Å². The van der Waals surface area contributed by atoms with Crippen LogP contribution in [0.25, 0.3) is 0 Å². The third-order valence-electron chi connectivity index (χ3n) is 4.77. The Morgan fingerprint density at radius 1 is 1.17 bits per heavy atom. The third kappa shape index (κ3) is 4.27. The first-order valence-corrected chi connectivity index (χ1v) is 9.87. The van der Waals surface area contributed by atoms with E-state index in [2.05, 4.69) is 51.1 Å². The fraction of sp³-hybridized carbons (Fsp3) is 0.524. The van der Waals surface area contributed by atoms with Gasteiger partial charge in [0.25, 0.3) is 0 Å². The van der Waals surface area contributed by atoms with E-state index >= 15 is 0 Å². The van der Waals surface area contributed by atoms with Gasteiger partial charge in [0.1, 0.15) is 0 Å². The number of rotatable bonds is 5. The fourth-order valence-electron chi connectivity index (χ4n) is 3.48. The number of hydrogen-bond donors (Lipinski definition) is 1. The molecular formula is C21H28O2S. The highest BCUT2D eigenvalue weighted by atomic mass is 32.1. The molecule has 2 aromatic rings. The van der Waals surface area contributed by atoms with Crippen molar-refractivity contribution in [3.63, 3.8) is 0 Å². The van der Waals surface area contributed by atoms with Crippen LogP contribution >= 0.6 is 11.3 Å². The van der Waals surface area contributed by atoms with E-state index in [1.807, 2.05) is 11.3 Å². The summed E-state index contributed by atoms with van der Waals surface area (Å²) in [7, 11) is 0. The summed E-state index contributed by atoms with van der Waals surface area (Å²) in [5.74, 6) is 0. The minimum Gasteiger partial charge on any atom is -0.393 e. The molecule has 1 aliphatic heterocycles. The third-order valence-corrected chi connectivity index (χ3v) is 6.10. The van der Waals surface area contributed by atoms with Crippen LogP contribution in [-0.2, 0) is 17.6 Å². The molecular weight excluding hydrogens is 316 g/mol. The molecule has 0 amide bonds. The standard InChI is InChI=1S/C21H28O2S/c1-4-5-16-6-8-17(9-7-16)12-20-14(2)10-21(24-20)19-13-18(22)11-15(3)23-19/h6-10,15,18-19,22H,4-5,11-13H2,1-3H3. The average Bonchev–Trinajstić information content (AvgIpc) is 2.90. The lowest BCUT2D eigenvalue weighted by molar-refractivity contribution is -0.0881. The molecule has 0 bridgehead atoms. The Balaban J connectivity index is 1.72. The molecule has 0 aliphatic carbocycles. The van der Waals surface area contributed by atoms with E-state index in [9.17, 15) is 5.11 Å². The quantitative estimate of drug-likeness (QED) is 0.808. The van der Waals surface area contributed by atoms with E-state index in [-0.39, 0.29) is 18.3 Å². The van der Waals surface area contributed by atoms with Gasteiger partial charge in [-0.25, -0.2) is 0 Å². The largest absolute Gasteiger partial charge is 0.393 e. The van der Waals surface area contributed by atoms with Crippen molar-refractivity contribution in [2.45, 2.75) is 71.2 Å². The first-order chi connectivity index (χ1) is 11.5. The van der Waals surface area contributed by atoms with Crippen molar-refractivity contribution in [1.29, 1.82) is 0 Å². The second-order valence-electron chi connectivity index (χ2n) is 7.06. The number of benzene rings is 1. The van der Waals surface area contributed by atoms with Crippen molar-refractivity contribution in [2.75, 3.05) is 0 Å². The van der Waals surface area contributed by atoms with Crippen LogP contribution in [0.3, 0.4) is 0 Å². The van der Waals surface area contributed by atoms with Gasteiger partial charge in [-0.3, -0.25) is 0 Å². The zero-order valence-corrected chi connectivity index (χ0v) is 15.7. The first-order valence-electron chi connectivity index (χ1n) is 9.05. The second-order valence-corrected chi connectivity index (χ2v) is 8.23. The average molecular weight is 345 g/mol. The molecule has 130 valence electrons. The molecule has 24 heavy (non-hydrogen) atoms. The molecule has 1 aromatic heterocycles. The van der Waals surface area contributed by atoms with Crippen molar-refractivity contribution >= 4 is 11.3 Å². The predicted octanol–water partition coefficient (Wildman–Crippen LogP) is 5.20. The SMILES string of the molecule is CCCc1ccc(Cc2sc(C3CC(O)CC(C)O3)cc2C)cc1. The summed E-state index contributed by atoms with van der Waals surface area (Å²) in [5.41, 5.74) is 4.12. The van der Waals surface area contributed by atoms with Gasteiger partial charge < -0.3 is 9.84 Å². The minimum atomic E-state index is -0.240. The number of ether oxygens (including phenoxy) is 1. The van der Waals surface area contributed by atoms with E-state index in [1.165, 1.54) is 32.9 Å². The lowest BCUT2D eigenvalue weighted by Gasteiger charge is -2.30. The minimum absolute atomic E-state index is 0.0492. The molecule has 1 aromatic carbocycles. The Hall–Kier alpha value is -1.16. The van der Waals surface area contributed by atoms with Crippen molar-refractivity contribution in [1.82, 2.24) is 0 Å². The van der Waals surface area contributed by atoms with Crippen LogP contribution in [0.4, 0.5) is 0 Å². The van der Waals surface area contributed by atoms with Crippen LogP contribution in [0.1, 0.15) is 65.7 Å². The molecule has 3 unspecified atom stereocenters. The number of aryl methyl sites for hydroxylation is 2. The van der Waals surface area contributed by atoms with E-state index in [4.69, 9.17) is 4.74 Å². The van der Waals surface area contributed by atoms with Gasteiger partial charge in [-0.2, -0.15) is 0 Å². The molecule has 3 rings (SSSR count). The van der Waals surface area contributed by atoms with Crippen LogP contribution in [0.2, 0.25) is 0 Å². The Kier molecular flexibility index (Phi) is 5.75. The van der Waals surface area contributed by atoms with E-state index < -0.39 is 0 Å². The fourth-order valence-corrected chi connectivity index (χ4v) is 4.74. The zero-order valence-electron chi connectivity index (χ0n) is 14.9. The summed E-state index contributed by atoms with van der Waals surface area (Å²) in [6, 6.07) is 11.3. The monoisotopic (exact) mass is 344 g/mol. The number of hydrogen-bond acceptors (Lipinski definition) is 3. The maximum absolute atomic E-state index is 10.0. The molecule has 0 spiro atoms. The summed E-state index contributed by atoms with van der Waals surface area (Å²) in [5, 5.41) is 10.0. The Bertz CT molecular complexity index is 649. The molecule has 0 radical (unpaired) electrons. The Labute approximate surface area is 149 Å². The van der Waals surface area contributed by atoms with Gasteiger partial charge in [0.05, 0.1) is 18.3 Å². The molecule has 1 fully saturated rings. The van der Waals surface area contributed by atoms with Gasteiger partial charge in [0, 0.05) is 22.6 Å². The topological polar surface area (TPSA) is 29.5 Å². The molecule has 1 saturated heterocycles. The van der Waals surface area contributed by atoms with E-state index in [0.717, 1.165) is 25.7 Å². The summed E-state index contributed by atoms with van der Waals surface area (Å²) in [4.78, 5) is 2.67. The second kappa shape index (κ2) is 7.81. The maximum Gasteiger partial charge on any atom is 0.0945 e. The van der Waals surface area contributed by atoms with Crippen molar-refractivity contribution < 1.29 is 9.84 Å². The van der Waals surface area contributed by atoms with Gasteiger partial charge in [-0.15, -0.1) is 11.3 Å². The highest BCUT2D eigenvalue weighted by Gasteiger charge is 2.28. The molecule has 1 N–H and O–H groups in total. The van der Waals surface area contributed by atoms with Gasteiger partial charge in [0.2, 0.25) is 0 Å². The van der Waals surface area contributed by atoms with Crippen LogP contribution < -0.4 is 0 Å². The van der Waals surface area contributed by atoms with Gasteiger partial charge in [0.15, 0.2) is 0 Å². The summed E-state index contributed by atoms with van der Waals surface area (Å²) >= 11 is 1.84. The molecule has 2 heterocycles. The lowest BCUT2D eigenvalue weighted by atomic mass is 10.0. The van der Waals surface area contributed by atoms with Crippen LogP contribution in [-0.4, -0.2) is 17.3 Å². The molecule has 1 aliphatic rings. The normalized spacial score (nSPS) is 24.2. The zero-order chi connectivity index (χ0) is 17.1. The molecule has 3 heteroatoms. The van der Waals surface area contributed by atoms with Gasteiger partial charge >= 0.3 is 0 Å². The Morgan fingerprint density at radius 3 is 2.54 bits per heavy atom. The maximum atomic E-state index is 10.0. The lowest BCUT2D eigenvalue weighted by Crippen LogP contribution is -2.28. The van der Waals surface area contributed by atoms with Crippen LogP contribution in [0.5, 0.6) is 0 Å². The summed E-state index contributed by atoms with van der Waals surface area (Å²) < 4.78 is 6.05. The van der Waals surface area contributed by atoms with Crippen molar-refractivity contribution in [3.05, 3.63) is 56.8 Å². The number of aliphatic hydroxyl groups is 1. The van der Waals surface area contributed by atoms with Crippen LogP contribution in [0, 0.1) is 6.92 Å². The number of thiophene rings is 1. The summed E-state index contributed by atoms with van der Waals surface area (Å²) in [6.07, 6.45) is 4.74. The predicted molar refractivity (Wildman–Crippen MR) is 101 cm³/mol. The van der Waals surface area contributed by atoms with E-state index in [0.29, 0.717) is 0 Å². The van der Waals surface area contributed by atoms with Crippen molar-refractivity contribution in [3.8, 4) is 0 Å². The first kappa shape index (κ1) is 17.7. The highest BCUT2D eigenvalue weighted by molar-refractivity contribution is 7.12. The molecule has 0 saturated carbocycles.